The van der Waals surface area contributed by atoms with Gasteiger partial charge in [-0.25, -0.2) is 0 Å². The van der Waals surface area contributed by atoms with Gasteiger partial charge in [0.1, 0.15) is 0 Å². The van der Waals surface area contributed by atoms with Crippen LogP contribution < -0.4 is 0 Å². The highest BCUT2D eigenvalue weighted by Gasteiger charge is 1.93. The minimum absolute atomic E-state index is 0.256. The predicted molar refractivity (Wildman–Crippen MR) is 30.3 cm³/mol. The average molecular weight is 180 g/mol. The van der Waals surface area contributed by atoms with Crippen molar-refractivity contribution in [3.8, 4) is 0 Å². The summed E-state index contributed by atoms with van der Waals surface area (Å²) in [4.78, 5) is 10.1. The number of halogens is 1. The zero-order valence-corrected chi connectivity index (χ0v) is 6.19. The quantitative estimate of drug-likeness (QED) is 0.454. The molecule has 0 aliphatic heterocycles. The lowest BCUT2D eigenvalue weighted by molar-refractivity contribution is -0.133. The monoisotopic (exact) mass is 179 g/mol. The topological polar surface area (TPSA) is 26.3 Å². The molecule has 0 fully saturated rings. The van der Waals surface area contributed by atoms with Gasteiger partial charge in [-0.2, -0.15) is 0 Å². The summed E-state index contributed by atoms with van der Waals surface area (Å²) in [6.45, 7) is 0. The Kier molecular flexibility index (Phi) is 4.43. The van der Waals surface area contributed by atoms with Gasteiger partial charge < -0.3 is 4.43 Å². The van der Waals surface area contributed by atoms with Gasteiger partial charge in [0, 0.05) is 5.33 Å². The minimum atomic E-state index is -0.256. The number of rotatable bonds is 2. The number of hydrogen-bond donors (Lipinski definition) is 0. The van der Waals surface area contributed by atoms with Gasteiger partial charge in [0.2, 0.25) is 0 Å². The van der Waals surface area contributed by atoms with Crippen LogP contribution >= 0.6 is 15.9 Å². The fourth-order valence-electron chi connectivity index (χ4n) is 0.128. The first-order chi connectivity index (χ1) is 3.31. The molecular formula is C3H4BrO2Si. The minimum Gasteiger partial charge on any atom is -0.516 e. The molecule has 0 bridgehead atoms. The summed E-state index contributed by atoms with van der Waals surface area (Å²) in [5.74, 6) is -0.256. The third-order valence-corrected chi connectivity index (χ3v) is 1.04. The molecule has 0 rings (SSSR count). The summed E-state index contributed by atoms with van der Waals surface area (Å²) < 4.78 is 4.13. The van der Waals surface area contributed by atoms with Crippen LogP contribution in [0, 0.1) is 0 Å². The second kappa shape index (κ2) is 4.33. The van der Waals surface area contributed by atoms with Gasteiger partial charge in [-0.15, -0.1) is 0 Å². The van der Waals surface area contributed by atoms with E-state index >= 15 is 0 Å². The standard InChI is InChI=1S/C3H4BrO2Si/c4-2-1-3(5)6-7/h1-2H2. The van der Waals surface area contributed by atoms with E-state index in [-0.39, 0.29) is 5.97 Å². The summed E-state index contributed by atoms with van der Waals surface area (Å²) in [5, 5.41) is 0.649. The van der Waals surface area contributed by atoms with Crippen LogP contribution in [0.3, 0.4) is 0 Å². The zero-order valence-electron chi connectivity index (χ0n) is 3.61. The molecule has 0 aromatic rings. The van der Waals surface area contributed by atoms with E-state index in [1.54, 1.807) is 0 Å². The maximum absolute atomic E-state index is 10.1. The molecule has 0 aliphatic carbocycles. The second-order valence-corrected chi connectivity index (χ2v) is 1.91. The van der Waals surface area contributed by atoms with Crippen molar-refractivity contribution in [1.82, 2.24) is 0 Å². The molecule has 0 saturated heterocycles. The summed E-state index contributed by atoms with van der Waals surface area (Å²) >= 11 is 3.07. The van der Waals surface area contributed by atoms with Crippen LogP contribution in [0.4, 0.5) is 0 Å². The molecule has 0 unspecified atom stereocenters. The largest absolute Gasteiger partial charge is 0.516 e. The Bertz CT molecular complexity index is 66.0. The molecular weight excluding hydrogens is 176 g/mol. The van der Waals surface area contributed by atoms with Crippen molar-refractivity contribution in [2.24, 2.45) is 0 Å². The maximum atomic E-state index is 10.1. The summed E-state index contributed by atoms with van der Waals surface area (Å²) in [6.07, 6.45) is 0.406. The fourth-order valence-corrected chi connectivity index (χ4v) is 0.554. The van der Waals surface area contributed by atoms with Crippen molar-refractivity contribution in [1.29, 1.82) is 0 Å². The number of carbonyl (C=O) groups is 1. The van der Waals surface area contributed by atoms with Crippen LogP contribution in [0.15, 0.2) is 0 Å². The molecule has 39 valence electrons. The molecule has 0 spiro atoms. The average Bonchev–Trinajstić information content (AvgIpc) is 1.68. The van der Waals surface area contributed by atoms with Gasteiger partial charge in [-0.3, -0.25) is 4.79 Å². The molecule has 0 saturated carbocycles. The van der Waals surface area contributed by atoms with Gasteiger partial charge in [0.25, 0.3) is 5.97 Å². The van der Waals surface area contributed by atoms with Crippen molar-refractivity contribution in [3.63, 3.8) is 0 Å². The van der Waals surface area contributed by atoms with Crippen molar-refractivity contribution < 1.29 is 9.22 Å². The lowest BCUT2D eigenvalue weighted by Gasteiger charge is -1.90. The van der Waals surface area contributed by atoms with E-state index in [4.69, 9.17) is 0 Å². The van der Waals surface area contributed by atoms with Crippen LogP contribution in [-0.2, 0) is 9.22 Å². The Morgan fingerprint density at radius 2 is 2.43 bits per heavy atom. The Morgan fingerprint density at radius 3 is 2.57 bits per heavy atom. The van der Waals surface area contributed by atoms with Crippen molar-refractivity contribution >= 4 is 32.4 Å². The molecule has 0 aromatic carbocycles. The third-order valence-electron chi connectivity index (χ3n) is 0.412. The van der Waals surface area contributed by atoms with Gasteiger partial charge >= 0.3 is 10.5 Å². The Hall–Kier alpha value is 0.167. The smallest absolute Gasteiger partial charge is 0.345 e. The molecule has 3 radical (unpaired) electrons. The fraction of sp³-hybridized carbons (Fsp3) is 0.667. The number of hydrogen-bond acceptors (Lipinski definition) is 2. The van der Waals surface area contributed by atoms with Crippen molar-refractivity contribution in [2.75, 3.05) is 5.33 Å². The van der Waals surface area contributed by atoms with E-state index in [0.29, 0.717) is 11.8 Å². The summed E-state index contributed by atoms with van der Waals surface area (Å²) in [7, 11) is 2.59. The Morgan fingerprint density at radius 1 is 1.86 bits per heavy atom. The zero-order chi connectivity index (χ0) is 5.70. The molecule has 0 heterocycles. The second-order valence-electron chi connectivity index (χ2n) is 0.913. The number of alkyl halides is 1. The predicted octanol–water partition coefficient (Wildman–Crippen LogP) is 0.398. The first-order valence-electron chi connectivity index (χ1n) is 1.73. The van der Waals surface area contributed by atoms with E-state index in [1.807, 2.05) is 0 Å². The molecule has 7 heavy (non-hydrogen) atoms. The van der Waals surface area contributed by atoms with E-state index in [2.05, 4.69) is 30.8 Å². The normalized spacial score (nSPS) is 8.29. The van der Waals surface area contributed by atoms with Gasteiger partial charge in [0.05, 0.1) is 6.42 Å². The van der Waals surface area contributed by atoms with Crippen molar-refractivity contribution in [2.45, 2.75) is 6.42 Å². The molecule has 0 aliphatic rings. The van der Waals surface area contributed by atoms with Crippen LogP contribution in [0.2, 0.25) is 0 Å². The van der Waals surface area contributed by atoms with Gasteiger partial charge in [-0.05, 0) is 0 Å². The molecule has 4 heteroatoms. The van der Waals surface area contributed by atoms with Crippen LogP contribution in [-0.4, -0.2) is 21.8 Å². The van der Waals surface area contributed by atoms with Gasteiger partial charge in [0.15, 0.2) is 0 Å². The highest BCUT2D eigenvalue weighted by Crippen LogP contribution is 1.87. The molecule has 0 amide bonds. The first-order valence-corrected chi connectivity index (χ1v) is 3.26. The molecule has 0 aromatic heterocycles. The van der Waals surface area contributed by atoms with E-state index < -0.39 is 0 Å². The van der Waals surface area contributed by atoms with Crippen LogP contribution in [0.25, 0.3) is 0 Å². The van der Waals surface area contributed by atoms with E-state index in [1.165, 1.54) is 0 Å². The van der Waals surface area contributed by atoms with Crippen LogP contribution in [0.5, 0.6) is 0 Å². The van der Waals surface area contributed by atoms with Crippen LogP contribution in [0.1, 0.15) is 6.42 Å². The SMILES string of the molecule is O=C(CCBr)O[Si]. The third kappa shape index (κ3) is 4.01. The van der Waals surface area contributed by atoms with Gasteiger partial charge in [-0.1, -0.05) is 15.9 Å². The Balaban J connectivity index is 3.00. The maximum Gasteiger partial charge on any atom is 0.345 e. The molecule has 2 nitrogen and oxygen atoms in total. The lowest BCUT2D eigenvalue weighted by atomic mass is 10.5. The molecule has 0 N–H and O–H groups in total. The highest BCUT2D eigenvalue weighted by molar-refractivity contribution is 9.09. The first kappa shape index (κ1) is 7.17. The number of carbonyl (C=O) groups excluding carboxylic acids is 1. The van der Waals surface area contributed by atoms with Crippen molar-refractivity contribution in [3.05, 3.63) is 0 Å². The summed E-state index contributed by atoms with van der Waals surface area (Å²) in [6, 6.07) is 0. The van der Waals surface area contributed by atoms with E-state index in [9.17, 15) is 4.79 Å². The summed E-state index contributed by atoms with van der Waals surface area (Å²) in [5.41, 5.74) is 0. The lowest BCUT2D eigenvalue weighted by Crippen LogP contribution is -2.00. The molecule has 0 atom stereocenters. The van der Waals surface area contributed by atoms with E-state index in [0.717, 1.165) is 0 Å². The highest BCUT2D eigenvalue weighted by atomic mass is 79.9. The Labute approximate surface area is 53.9 Å².